The Balaban J connectivity index is 0.00000450. The van der Waals surface area contributed by atoms with E-state index in [1.165, 1.54) is 0 Å². The Kier molecular flexibility index (Phi) is 11.8. The second kappa shape index (κ2) is 13.8. The number of rotatable bonds is 9. The Morgan fingerprint density at radius 1 is 1.00 bits per heavy atom. The van der Waals surface area contributed by atoms with Crippen LogP contribution in [0.15, 0.2) is 53.5 Å². The number of benzene rings is 2. The van der Waals surface area contributed by atoms with Gasteiger partial charge in [0.15, 0.2) is 5.96 Å². The standard InChI is InChI=1S/C22H30N4O3.HI/c1-23-22(24-15-17-8-10-19(11-9-17)21(27)26(2)3)25-16-18-6-5-7-20(14-18)29-13-12-28-4;/h5-11,14H,12-13,15-16H2,1-4H3,(H2,23,24,25);1H. The van der Waals surface area contributed by atoms with E-state index in [1.807, 2.05) is 48.5 Å². The monoisotopic (exact) mass is 526 g/mol. The lowest BCUT2D eigenvalue weighted by Gasteiger charge is -2.14. The van der Waals surface area contributed by atoms with Crippen LogP contribution in [0, 0.1) is 0 Å². The summed E-state index contributed by atoms with van der Waals surface area (Å²) < 4.78 is 10.6. The van der Waals surface area contributed by atoms with Crippen molar-refractivity contribution in [3.05, 3.63) is 65.2 Å². The summed E-state index contributed by atoms with van der Waals surface area (Å²) in [6, 6.07) is 15.5. The Labute approximate surface area is 195 Å². The first-order valence-electron chi connectivity index (χ1n) is 9.49. The van der Waals surface area contributed by atoms with Crippen LogP contribution in [-0.2, 0) is 17.8 Å². The minimum absolute atomic E-state index is 0. The molecule has 2 N–H and O–H groups in total. The molecule has 0 saturated carbocycles. The highest BCUT2D eigenvalue weighted by Gasteiger charge is 2.07. The number of methoxy groups -OCH3 is 1. The Hall–Kier alpha value is -2.33. The first-order valence-corrected chi connectivity index (χ1v) is 9.49. The van der Waals surface area contributed by atoms with Gasteiger partial charge in [-0.1, -0.05) is 24.3 Å². The summed E-state index contributed by atoms with van der Waals surface area (Å²) in [6.07, 6.45) is 0. The molecule has 0 saturated heterocycles. The van der Waals surface area contributed by atoms with Crippen molar-refractivity contribution in [1.29, 1.82) is 0 Å². The molecule has 0 radical (unpaired) electrons. The molecule has 0 atom stereocenters. The predicted molar refractivity (Wildman–Crippen MR) is 131 cm³/mol. The van der Waals surface area contributed by atoms with Gasteiger partial charge in [0, 0.05) is 46.9 Å². The first kappa shape index (κ1) is 25.7. The molecule has 30 heavy (non-hydrogen) atoms. The highest BCUT2D eigenvalue weighted by atomic mass is 127. The normalized spacial score (nSPS) is 10.7. The third kappa shape index (κ3) is 8.58. The number of amides is 1. The minimum atomic E-state index is -0.00424. The van der Waals surface area contributed by atoms with Crippen molar-refractivity contribution in [2.24, 2.45) is 4.99 Å². The molecular weight excluding hydrogens is 495 g/mol. The van der Waals surface area contributed by atoms with E-state index in [2.05, 4.69) is 15.6 Å². The van der Waals surface area contributed by atoms with E-state index in [-0.39, 0.29) is 29.9 Å². The summed E-state index contributed by atoms with van der Waals surface area (Å²) >= 11 is 0. The lowest BCUT2D eigenvalue weighted by Crippen LogP contribution is -2.36. The zero-order chi connectivity index (χ0) is 21.1. The van der Waals surface area contributed by atoms with E-state index in [4.69, 9.17) is 9.47 Å². The summed E-state index contributed by atoms with van der Waals surface area (Å²) in [6.45, 7) is 2.31. The zero-order valence-electron chi connectivity index (χ0n) is 18.0. The molecule has 0 aliphatic carbocycles. The number of nitrogens with one attached hydrogen (secondary N) is 2. The van der Waals surface area contributed by atoms with Gasteiger partial charge in [0.1, 0.15) is 12.4 Å². The van der Waals surface area contributed by atoms with Gasteiger partial charge in [0.05, 0.1) is 6.61 Å². The molecule has 0 bridgehead atoms. The van der Waals surface area contributed by atoms with Crippen LogP contribution in [-0.4, -0.2) is 58.2 Å². The average molecular weight is 526 g/mol. The topological polar surface area (TPSA) is 75.2 Å². The van der Waals surface area contributed by atoms with Gasteiger partial charge in [-0.2, -0.15) is 0 Å². The van der Waals surface area contributed by atoms with Gasteiger partial charge in [0.25, 0.3) is 5.91 Å². The number of nitrogens with zero attached hydrogens (tertiary/aromatic N) is 2. The Bertz CT molecular complexity index is 810. The smallest absolute Gasteiger partial charge is 0.253 e. The van der Waals surface area contributed by atoms with Gasteiger partial charge in [-0.05, 0) is 35.4 Å². The molecule has 0 aliphatic heterocycles. The highest BCUT2D eigenvalue weighted by Crippen LogP contribution is 2.13. The highest BCUT2D eigenvalue weighted by molar-refractivity contribution is 14.0. The van der Waals surface area contributed by atoms with E-state index in [1.54, 1.807) is 33.2 Å². The van der Waals surface area contributed by atoms with Crippen molar-refractivity contribution in [2.45, 2.75) is 13.1 Å². The molecule has 0 heterocycles. The van der Waals surface area contributed by atoms with Gasteiger partial charge in [-0.3, -0.25) is 9.79 Å². The lowest BCUT2D eigenvalue weighted by atomic mass is 10.1. The summed E-state index contributed by atoms with van der Waals surface area (Å²) in [7, 11) is 6.88. The van der Waals surface area contributed by atoms with Crippen LogP contribution in [0.4, 0.5) is 0 Å². The zero-order valence-corrected chi connectivity index (χ0v) is 20.3. The van der Waals surface area contributed by atoms with Crippen molar-refractivity contribution >= 4 is 35.8 Å². The molecule has 2 aromatic carbocycles. The van der Waals surface area contributed by atoms with Crippen LogP contribution in [0.1, 0.15) is 21.5 Å². The molecule has 8 heteroatoms. The maximum Gasteiger partial charge on any atom is 0.253 e. The van der Waals surface area contributed by atoms with Crippen molar-refractivity contribution in [3.8, 4) is 5.75 Å². The molecule has 1 amide bonds. The number of carbonyl (C=O) groups excluding carboxylic acids is 1. The predicted octanol–water partition coefficient (Wildman–Crippen LogP) is 2.90. The number of ether oxygens (including phenoxy) is 2. The number of hydrogen-bond donors (Lipinski definition) is 2. The van der Waals surface area contributed by atoms with Crippen molar-refractivity contribution < 1.29 is 14.3 Å². The number of aliphatic imine (C=N–C) groups is 1. The lowest BCUT2D eigenvalue weighted by molar-refractivity contribution is 0.0827. The van der Waals surface area contributed by atoms with E-state index < -0.39 is 0 Å². The van der Waals surface area contributed by atoms with Crippen LogP contribution in [0.25, 0.3) is 0 Å². The molecule has 0 aliphatic rings. The second-order valence-electron chi connectivity index (χ2n) is 6.66. The first-order chi connectivity index (χ1) is 14.0. The van der Waals surface area contributed by atoms with Crippen LogP contribution in [0.3, 0.4) is 0 Å². The third-order valence-electron chi connectivity index (χ3n) is 4.21. The molecule has 0 unspecified atom stereocenters. The van der Waals surface area contributed by atoms with Crippen molar-refractivity contribution in [3.63, 3.8) is 0 Å². The van der Waals surface area contributed by atoms with Gasteiger partial charge >= 0.3 is 0 Å². The minimum Gasteiger partial charge on any atom is -0.491 e. The summed E-state index contributed by atoms with van der Waals surface area (Å²) in [5.74, 6) is 1.51. The molecule has 7 nitrogen and oxygen atoms in total. The fraction of sp³-hybridized carbons (Fsp3) is 0.364. The van der Waals surface area contributed by atoms with Gasteiger partial charge in [-0.15, -0.1) is 24.0 Å². The van der Waals surface area contributed by atoms with E-state index in [9.17, 15) is 4.79 Å². The van der Waals surface area contributed by atoms with Crippen LogP contribution in [0.5, 0.6) is 5.75 Å². The van der Waals surface area contributed by atoms with E-state index >= 15 is 0 Å². The molecule has 0 fully saturated rings. The van der Waals surface area contributed by atoms with Gasteiger partial charge in [0.2, 0.25) is 0 Å². The number of hydrogen-bond acceptors (Lipinski definition) is 4. The van der Waals surface area contributed by atoms with E-state index in [0.29, 0.717) is 37.8 Å². The maximum atomic E-state index is 12.0. The SMILES string of the molecule is CN=C(NCc1ccc(C(=O)N(C)C)cc1)NCc1cccc(OCCOC)c1.I. The fourth-order valence-corrected chi connectivity index (χ4v) is 2.60. The number of carbonyl (C=O) groups is 1. The molecule has 2 rings (SSSR count). The molecule has 164 valence electrons. The van der Waals surface area contributed by atoms with E-state index in [0.717, 1.165) is 16.9 Å². The maximum absolute atomic E-state index is 12.0. The second-order valence-corrected chi connectivity index (χ2v) is 6.66. The summed E-state index contributed by atoms with van der Waals surface area (Å²) in [5.41, 5.74) is 2.83. The van der Waals surface area contributed by atoms with Crippen LogP contribution in [0.2, 0.25) is 0 Å². The third-order valence-corrected chi connectivity index (χ3v) is 4.21. The average Bonchev–Trinajstić information content (AvgIpc) is 2.74. The van der Waals surface area contributed by atoms with Gasteiger partial charge in [-0.25, -0.2) is 0 Å². The Morgan fingerprint density at radius 2 is 1.67 bits per heavy atom. The van der Waals surface area contributed by atoms with Crippen molar-refractivity contribution in [2.75, 3.05) is 41.5 Å². The Morgan fingerprint density at radius 3 is 2.27 bits per heavy atom. The van der Waals surface area contributed by atoms with Crippen molar-refractivity contribution in [1.82, 2.24) is 15.5 Å². The van der Waals surface area contributed by atoms with Gasteiger partial charge < -0.3 is 25.0 Å². The quantitative estimate of drug-likeness (QED) is 0.228. The number of guanidine groups is 1. The van der Waals surface area contributed by atoms with Crippen LogP contribution >= 0.6 is 24.0 Å². The molecular formula is C22H31IN4O3. The molecule has 2 aromatic rings. The largest absolute Gasteiger partial charge is 0.491 e. The molecule has 0 aromatic heterocycles. The summed E-state index contributed by atoms with van der Waals surface area (Å²) in [5, 5.41) is 6.57. The molecule has 0 spiro atoms. The number of halogens is 1. The fourth-order valence-electron chi connectivity index (χ4n) is 2.60. The summed E-state index contributed by atoms with van der Waals surface area (Å²) in [4.78, 5) is 17.8. The van der Waals surface area contributed by atoms with Crippen LogP contribution < -0.4 is 15.4 Å².